The molecule has 1 unspecified atom stereocenters. The Balaban J connectivity index is 1.37. The molecule has 2 heterocycles. The maximum absolute atomic E-state index is 12.7. The van der Waals surface area contributed by atoms with Gasteiger partial charge in [-0.1, -0.05) is 35.9 Å². The molecule has 0 aromatic heterocycles. The Morgan fingerprint density at radius 2 is 1.81 bits per heavy atom. The van der Waals surface area contributed by atoms with Crippen LogP contribution in [0.1, 0.15) is 30.9 Å². The average molecular weight is 350 g/mol. The summed E-state index contributed by atoms with van der Waals surface area (Å²) in [4.78, 5) is 15.1. The number of ether oxygens (including phenoxy) is 1. The predicted molar refractivity (Wildman–Crippen MR) is 104 cm³/mol. The number of carbonyl (C=O) groups is 1. The number of hydrogen-bond acceptors (Lipinski definition) is 3. The zero-order chi connectivity index (χ0) is 18.1. The van der Waals surface area contributed by atoms with Gasteiger partial charge in [0.1, 0.15) is 11.9 Å². The number of likely N-dealkylation sites (tertiary alicyclic amines) is 1. The van der Waals surface area contributed by atoms with Crippen LogP contribution < -0.4 is 10.1 Å². The maximum Gasteiger partial charge on any atom is 0.235 e. The summed E-state index contributed by atoms with van der Waals surface area (Å²) in [6.07, 6.45) is 1.86. The Morgan fingerprint density at radius 3 is 2.54 bits per heavy atom. The summed E-state index contributed by atoms with van der Waals surface area (Å²) in [5, 5.41) is 3.07. The van der Waals surface area contributed by atoms with Gasteiger partial charge < -0.3 is 10.1 Å². The Labute approximate surface area is 155 Å². The zero-order valence-electron chi connectivity index (χ0n) is 15.5. The lowest BCUT2D eigenvalue weighted by Gasteiger charge is -2.38. The second-order valence-corrected chi connectivity index (χ2v) is 7.62. The highest BCUT2D eigenvalue weighted by atomic mass is 16.5. The summed E-state index contributed by atoms with van der Waals surface area (Å²) in [7, 11) is 0. The van der Waals surface area contributed by atoms with Crippen LogP contribution in [0.2, 0.25) is 0 Å². The van der Waals surface area contributed by atoms with Gasteiger partial charge >= 0.3 is 0 Å². The second kappa shape index (κ2) is 6.76. The predicted octanol–water partition coefficient (Wildman–Crippen LogP) is 3.75. The number of amides is 1. The molecule has 136 valence electrons. The van der Waals surface area contributed by atoms with Gasteiger partial charge in [0.2, 0.25) is 5.91 Å². The van der Waals surface area contributed by atoms with Gasteiger partial charge in [0.25, 0.3) is 0 Å². The minimum Gasteiger partial charge on any atom is -0.489 e. The molecule has 0 radical (unpaired) electrons. The van der Waals surface area contributed by atoms with Gasteiger partial charge in [0.15, 0.2) is 0 Å². The van der Waals surface area contributed by atoms with E-state index in [0.717, 1.165) is 43.9 Å². The van der Waals surface area contributed by atoms with Gasteiger partial charge in [-0.3, -0.25) is 9.69 Å². The number of benzene rings is 2. The van der Waals surface area contributed by atoms with E-state index in [-0.39, 0.29) is 17.4 Å². The van der Waals surface area contributed by atoms with Crippen molar-refractivity contribution in [2.24, 2.45) is 0 Å². The highest BCUT2D eigenvalue weighted by Crippen LogP contribution is 2.44. The number of rotatable bonds is 4. The first-order valence-corrected chi connectivity index (χ1v) is 9.43. The Hall–Kier alpha value is -2.33. The van der Waals surface area contributed by atoms with Crippen molar-refractivity contribution in [2.75, 3.05) is 25.0 Å². The summed E-state index contributed by atoms with van der Waals surface area (Å²) in [6, 6.07) is 16.3. The molecule has 2 aromatic carbocycles. The number of hydrogen-bond donors (Lipinski definition) is 1. The Bertz CT molecular complexity index is 792. The molecule has 1 spiro atoms. The summed E-state index contributed by atoms with van der Waals surface area (Å²) >= 11 is 0. The third-order valence-electron chi connectivity index (χ3n) is 5.71. The fourth-order valence-corrected chi connectivity index (χ4v) is 4.24. The van der Waals surface area contributed by atoms with E-state index in [0.29, 0.717) is 0 Å². The lowest BCUT2D eigenvalue weighted by Crippen LogP contribution is -2.48. The summed E-state index contributed by atoms with van der Waals surface area (Å²) in [5.41, 5.74) is 3.06. The molecule has 1 amide bonds. The van der Waals surface area contributed by atoms with E-state index in [1.807, 2.05) is 30.3 Å². The van der Waals surface area contributed by atoms with E-state index in [4.69, 9.17) is 4.74 Å². The van der Waals surface area contributed by atoms with E-state index in [2.05, 4.69) is 42.3 Å². The van der Waals surface area contributed by atoms with Crippen molar-refractivity contribution < 1.29 is 9.53 Å². The van der Waals surface area contributed by atoms with Crippen LogP contribution in [0.3, 0.4) is 0 Å². The fourth-order valence-electron chi connectivity index (χ4n) is 4.24. The zero-order valence-corrected chi connectivity index (χ0v) is 15.5. The number of carbonyl (C=O) groups excluding carboxylic acids is 1. The van der Waals surface area contributed by atoms with E-state index in [1.54, 1.807) is 0 Å². The van der Waals surface area contributed by atoms with Crippen molar-refractivity contribution in [3.05, 3.63) is 59.7 Å². The van der Waals surface area contributed by atoms with E-state index < -0.39 is 0 Å². The molecule has 0 saturated carbocycles. The molecule has 2 aliphatic rings. The quantitative estimate of drug-likeness (QED) is 0.913. The SMILES string of the molecule is Cc1ccc(OC(C)CN2CCC3(CC2)C(=O)Nc2ccccc23)cc1. The molecule has 1 atom stereocenters. The fraction of sp³-hybridized carbons (Fsp3) is 0.409. The van der Waals surface area contributed by atoms with Crippen LogP contribution in [0.5, 0.6) is 5.75 Å². The van der Waals surface area contributed by atoms with Gasteiger partial charge in [0.05, 0.1) is 5.41 Å². The lowest BCUT2D eigenvalue weighted by atomic mass is 9.73. The number of fused-ring (bicyclic) bond motifs is 2. The molecule has 1 saturated heterocycles. The number of nitrogens with one attached hydrogen (secondary N) is 1. The van der Waals surface area contributed by atoms with E-state index >= 15 is 0 Å². The summed E-state index contributed by atoms with van der Waals surface area (Å²) in [6.45, 7) is 6.91. The van der Waals surface area contributed by atoms with E-state index in [1.165, 1.54) is 11.1 Å². The highest BCUT2D eigenvalue weighted by molar-refractivity contribution is 6.06. The monoisotopic (exact) mass is 350 g/mol. The lowest BCUT2D eigenvalue weighted by molar-refractivity contribution is -0.122. The maximum atomic E-state index is 12.7. The molecular formula is C22H26N2O2. The molecule has 2 aromatic rings. The molecule has 0 aliphatic carbocycles. The third-order valence-corrected chi connectivity index (χ3v) is 5.71. The first-order valence-electron chi connectivity index (χ1n) is 9.43. The second-order valence-electron chi connectivity index (χ2n) is 7.62. The standard InChI is InChI=1S/C22H26N2O2/c1-16-7-9-18(10-8-16)26-17(2)15-24-13-11-22(12-14-24)19-5-3-4-6-20(19)23-21(22)25/h3-10,17H,11-15H2,1-2H3,(H,23,25). The topological polar surface area (TPSA) is 41.6 Å². The van der Waals surface area contributed by atoms with Gasteiger partial charge in [-0.15, -0.1) is 0 Å². The van der Waals surface area contributed by atoms with E-state index in [9.17, 15) is 4.79 Å². The van der Waals surface area contributed by atoms with Crippen LogP contribution in [0.15, 0.2) is 48.5 Å². The smallest absolute Gasteiger partial charge is 0.235 e. The molecule has 1 fully saturated rings. The van der Waals surface area contributed by atoms with Crippen LogP contribution in [0.4, 0.5) is 5.69 Å². The van der Waals surface area contributed by atoms with Crippen LogP contribution in [-0.2, 0) is 10.2 Å². The minimum atomic E-state index is -0.339. The Morgan fingerprint density at radius 1 is 1.12 bits per heavy atom. The Kier molecular flexibility index (Phi) is 4.45. The van der Waals surface area contributed by atoms with Crippen molar-refractivity contribution in [1.82, 2.24) is 4.90 Å². The molecule has 4 rings (SSSR count). The molecule has 4 heteroatoms. The molecule has 1 N–H and O–H groups in total. The largest absolute Gasteiger partial charge is 0.489 e. The molecule has 0 bridgehead atoms. The van der Waals surface area contributed by atoms with Crippen LogP contribution in [0.25, 0.3) is 0 Å². The van der Waals surface area contributed by atoms with Crippen molar-refractivity contribution >= 4 is 11.6 Å². The van der Waals surface area contributed by atoms with Crippen molar-refractivity contribution in [3.8, 4) is 5.75 Å². The normalized spacial score (nSPS) is 19.8. The minimum absolute atomic E-state index is 0.122. The highest BCUT2D eigenvalue weighted by Gasteiger charge is 2.48. The first-order chi connectivity index (χ1) is 12.6. The van der Waals surface area contributed by atoms with Crippen molar-refractivity contribution in [1.29, 1.82) is 0 Å². The third kappa shape index (κ3) is 3.10. The number of nitrogens with zero attached hydrogens (tertiary/aromatic N) is 1. The summed E-state index contributed by atoms with van der Waals surface area (Å²) < 4.78 is 6.05. The number of para-hydroxylation sites is 1. The number of anilines is 1. The summed E-state index contributed by atoms with van der Waals surface area (Å²) in [5.74, 6) is 1.09. The van der Waals surface area contributed by atoms with Gasteiger partial charge in [-0.05, 0) is 63.5 Å². The number of piperidine rings is 1. The van der Waals surface area contributed by atoms with Crippen LogP contribution >= 0.6 is 0 Å². The molecule has 26 heavy (non-hydrogen) atoms. The van der Waals surface area contributed by atoms with Gasteiger partial charge in [0, 0.05) is 12.2 Å². The van der Waals surface area contributed by atoms with Gasteiger partial charge in [-0.2, -0.15) is 0 Å². The molecular weight excluding hydrogens is 324 g/mol. The average Bonchev–Trinajstić information content (AvgIpc) is 2.91. The first kappa shape index (κ1) is 17.1. The van der Waals surface area contributed by atoms with Crippen molar-refractivity contribution in [2.45, 2.75) is 38.2 Å². The van der Waals surface area contributed by atoms with Gasteiger partial charge in [-0.25, -0.2) is 0 Å². The molecule has 2 aliphatic heterocycles. The van der Waals surface area contributed by atoms with Crippen LogP contribution in [-0.4, -0.2) is 36.5 Å². The number of aryl methyl sites for hydroxylation is 1. The van der Waals surface area contributed by atoms with Crippen molar-refractivity contribution in [3.63, 3.8) is 0 Å². The van der Waals surface area contributed by atoms with Crippen LogP contribution in [0, 0.1) is 6.92 Å². The molecule has 4 nitrogen and oxygen atoms in total.